The third kappa shape index (κ3) is 6.49. The number of carbonyl (C=O) groups is 1. The predicted octanol–water partition coefficient (Wildman–Crippen LogP) is 4.81. The van der Waals surface area contributed by atoms with Crippen LogP contribution in [0.25, 0.3) is 0 Å². The maximum Gasteiger partial charge on any atom is 0.322 e. The molecule has 29 heavy (non-hydrogen) atoms. The van der Waals surface area contributed by atoms with Crippen molar-refractivity contribution in [2.75, 3.05) is 11.1 Å². The average Bonchev–Trinajstić information content (AvgIpc) is 2.72. The van der Waals surface area contributed by atoms with Crippen LogP contribution in [0.1, 0.15) is 45.2 Å². The molecule has 0 spiro atoms. The number of anilines is 1. The van der Waals surface area contributed by atoms with Crippen LogP contribution in [0.5, 0.6) is 5.75 Å². The smallest absolute Gasteiger partial charge is 0.322 e. The largest absolute Gasteiger partial charge is 0.382 e. The van der Waals surface area contributed by atoms with Gasteiger partial charge >= 0.3 is 16.1 Å². The van der Waals surface area contributed by atoms with Gasteiger partial charge in [0.2, 0.25) is 0 Å². The highest BCUT2D eigenvalue weighted by molar-refractivity contribution is 7.87. The molecule has 158 valence electrons. The standard InChI is InChI=1S/C22H30N2O4S/c1-5-17(4)24(22(25)23-21-11-9-8-10-19(21)6-2)16-18-12-14-20(15-13-18)28-29(26,27)7-3/h8-15,17H,5-7,16H2,1-4H3,(H,23,25)/t17-/m1/s1. The summed E-state index contributed by atoms with van der Waals surface area (Å²) in [5, 5.41) is 3.03. The van der Waals surface area contributed by atoms with Crippen molar-refractivity contribution in [3.05, 3.63) is 59.7 Å². The van der Waals surface area contributed by atoms with Gasteiger partial charge in [0.25, 0.3) is 0 Å². The summed E-state index contributed by atoms with van der Waals surface area (Å²) in [5.74, 6) is 0.183. The van der Waals surface area contributed by atoms with Crippen LogP contribution in [0, 0.1) is 0 Å². The molecule has 1 atom stereocenters. The van der Waals surface area contributed by atoms with Crippen molar-refractivity contribution in [1.82, 2.24) is 4.90 Å². The number of hydrogen-bond acceptors (Lipinski definition) is 4. The Morgan fingerprint density at radius 2 is 1.72 bits per heavy atom. The van der Waals surface area contributed by atoms with Crippen molar-refractivity contribution in [3.8, 4) is 5.75 Å². The molecule has 2 aromatic rings. The molecule has 2 amide bonds. The van der Waals surface area contributed by atoms with Gasteiger partial charge in [-0.3, -0.25) is 0 Å². The SMILES string of the molecule is CCc1ccccc1NC(=O)N(Cc1ccc(OS(=O)(=O)CC)cc1)[C@H](C)CC. The van der Waals surface area contributed by atoms with Gasteiger partial charge in [0.05, 0.1) is 5.75 Å². The van der Waals surface area contributed by atoms with Gasteiger partial charge in [-0.1, -0.05) is 44.2 Å². The zero-order valence-corrected chi connectivity index (χ0v) is 18.3. The summed E-state index contributed by atoms with van der Waals surface area (Å²) in [6.45, 7) is 8.05. The molecule has 6 nitrogen and oxygen atoms in total. The molecule has 0 aromatic heterocycles. The van der Waals surface area contributed by atoms with Crippen LogP contribution in [0.2, 0.25) is 0 Å². The van der Waals surface area contributed by atoms with Crippen LogP contribution < -0.4 is 9.50 Å². The van der Waals surface area contributed by atoms with E-state index >= 15 is 0 Å². The lowest BCUT2D eigenvalue weighted by Crippen LogP contribution is -2.40. The van der Waals surface area contributed by atoms with Crippen LogP contribution in [0.3, 0.4) is 0 Å². The van der Waals surface area contributed by atoms with Gasteiger partial charge in [-0.05, 0) is 56.0 Å². The zero-order valence-electron chi connectivity index (χ0n) is 17.5. The summed E-state index contributed by atoms with van der Waals surface area (Å²) in [6.07, 6.45) is 1.65. The summed E-state index contributed by atoms with van der Waals surface area (Å²) in [5.41, 5.74) is 2.80. The summed E-state index contributed by atoms with van der Waals surface area (Å²) in [7, 11) is -3.56. The van der Waals surface area contributed by atoms with E-state index in [0.717, 1.165) is 29.7 Å². The molecule has 2 aromatic carbocycles. The van der Waals surface area contributed by atoms with E-state index in [1.807, 2.05) is 38.1 Å². The van der Waals surface area contributed by atoms with Crippen molar-refractivity contribution in [3.63, 3.8) is 0 Å². The van der Waals surface area contributed by atoms with E-state index in [9.17, 15) is 13.2 Å². The Hall–Kier alpha value is -2.54. The third-order valence-corrected chi connectivity index (χ3v) is 6.03. The van der Waals surface area contributed by atoms with Crippen molar-refractivity contribution >= 4 is 21.8 Å². The number of nitrogens with zero attached hydrogens (tertiary/aromatic N) is 1. The van der Waals surface area contributed by atoms with Gasteiger partial charge in [0.1, 0.15) is 5.75 Å². The monoisotopic (exact) mass is 418 g/mol. The lowest BCUT2D eigenvalue weighted by Gasteiger charge is -2.29. The lowest BCUT2D eigenvalue weighted by molar-refractivity contribution is 0.187. The van der Waals surface area contributed by atoms with Gasteiger partial charge in [0.15, 0.2) is 0 Å². The van der Waals surface area contributed by atoms with E-state index in [0.29, 0.717) is 6.54 Å². The molecule has 0 aliphatic carbocycles. The number of urea groups is 1. The van der Waals surface area contributed by atoms with E-state index < -0.39 is 10.1 Å². The minimum Gasteiger partial charge on any atom is -0.382 e. The molecule has 7 heteroatoms. The number of para-hydroxylation sites is 1. The highest BCUT2D eigenvalue weighted by atomic mass is 32.2. The number of benzene rings is 2. The average molecular weight is 419 g/mol. The zero-order chi connectivity index (χ0) is 21.4. The lowest BCUT2D eigenvalue weighted by atomic mass is 10.1. The summed E-state index contributed by atoms with van der Waals surface area (Å²) >= 11 is 0. The Labute approximate surface area is 174 Å². The van der Waals surface area contributed by atoms with Gasteiger partial charge < -0.3 is 14.4 Å². The van der Waals surface area contributed by atoms with E-state index in [1.54, 1.807) is 29.2 Å². The Morgan fingerprint density at radius 3 is 2.31 bits per heavy atom. The quantitative estimate of drug-likeness (QED) is 0.593. The molecular weight excluding hydrogens is 388 g/mol. The van der Waals surface area contributed by atoms with Gasteiger partial charge in [-0.15, -0.1) is 0 Å². The van der Waals surface area contributed by atoms with E-state index in [2.05, 4.69) is 12.2 Å². The second-order valence-electron chi connectivity index (χ2n) is 6.90. The maximum absolute atomic E-state index is 13.0. The Morgan fingerprint density at radius 1 is 1.07 bits per heavy atom. The minimum atomic E-state index is -3.56. The van der Waals surface area contributed by atoms with Crippen LogP contribution in [0.4, 0.5) is 10.5 Å². The molecule has 0 aliphatic heterocycles. The highest BCUT2D eigenvalue weighted by Gasteiger charge is 2.20. The van der Waals surface area contributed by atoms with Crippen molar-refractivity contribution in [2.45, 2.75) is 53.1 Å². The normalized spacial score (nSPS) is 12.3. The number of rotatable bonds is 9. The molecular formula is C22H30N2O4S. The Kier molecular flexibility index (Phi) is 8.08. The number of amides is 2. The Balaban J connectivity index is 2.15. The fraction of sp³-hybridized carbons (Fsp3) is 0.409. The first kappa shape index (κ1) is 22.7. The van der Waals surface area contributed by atoms with Crippen molar-refractivity contribution in [1.29, 1.82) is 0 Å². The third-order valence-electron chi connectivity index (χ3n) is 4.88. The molecule has 0 heterocycles. The molecule has 0 aliphatic rings. The fourth-order valence-corrected chi connectivity index (χ4v) is 3.36. The van der Waals surface area contributed by atoms with E-state index in [-0.39, 0.29) is 23.6 Å². The number of aryl methyl sites for hydroxylation is 1. The Bertz CT molecular complexity index is 911. The highest BCUT2D eigenvalue weighted by Crippen LogP contribution is 2.20. The maximum atomic E-state index is 13.0. The number of carbonyl (C=O) groups excluding carboxylic acids is 1. The topological polar surface area (TPSA) is 75.7 Å². The first-order chi connectivity index (χ1) is 13.8. The first-order valence-corrected chi connectivity index (χ1v) is 11.5. The van der Waals surface area contributed by atoms with E-state index in [4.69, 9.17) is 4.18 Å². The molecule has 0 fully saturated rings. The number of nitrogens with one attached hydrogen (secondary N) is 1. The molecule has 0 bridgehead atoms. The second kappa shape index (κ2) is 10.3. The summed E-state index contributed by atoms with van der Waals surface area (Å²) in [6, 6.07) is 14.5. The second-order valence-corrected chi connectivity index (χ2v) is 8.76. The minimum absolute atomic E-state index is 0.0418. The predicted molar refractivity (Wildman–Crippen MR) is 117 cm³/mol. The van der Waals surface area contributed by atoms with Crippen LogP contribution in [-0.2, 0) is 23.1 Å². The molecule has 0 unspecified atom stereocenters. The van der Waals surface area contributed by atoms with Gasteiger partial charge in [-0.25, -0.2) is 4.79 Å². The van der Waals surface area contributed by atoms with Crippen LogP contribution in [0.15, 0.2) is 48.5 Å². The van der Waals surface area contributed by atoms with Crippen LogP contribution in [-0.4, -0.2) is 31.1 Å². The van der Waals surface area contributed by atoms with E-state index in [1.165, 1.54) is 6.92 Å². The summed E-state index contributed by atoms with van der Waals surface area (Å²) < 4.78 is 28.2. The van der Waals surface area contributed by atoms with Crippen molar-refractivity contribution in [2.24, 2.45) is 0 Å². The molecule has 0 saturated heterocycles. The van der Waals surface area contributed by atoms with Gasteiger partial charge in [-0.2, -0.15) is 8.42 Å². The van der Waals surface area contributed by atoms with Crippen LogP contribution >= 0.6 is 0 Å². The van der Waals surface area contributed by atoms with Gasteiger partial charge in [0, 0.05) is 18.3 Å². The molecule has 1 N–H and O–H groups in total. The van der Waals surface area contributed by atoms with Crippen molar-refractivity contribution < 1.29 is 17.4 Å². The molecule has 0 radical (unpaired) electrons. The number of hydrogen-bond donors (Lipinski definition) is 1. The molecule has 2 rings (SSSR count). The first-order valence-electron chi connectivity index (χ1n) is 9.96. The molecule has 0 saturated carbocycles. The summed E-state index contributed by atoms with van der Waals surface area (Å²) in [4.78, 5) is 14.8. The fourth-order valence-electron chi connectivity index (χ4n) is 2.84.